The van der Waals surface area contributed by atoms with Gasteiger partial charge in [0, 0.05) is 18.8 Å². The second-order valence-corrected chi connectivity index (χ2v) is 6.13. The Morgan fingerprint density at radius 2 is 2.11 bits per heavy atom. The number of carboxylic acid groups (broad SMARTS) is 1. The van der Waals surface area contributed by atoms with Gasteiger partial charge in [-0.1, -0.05) is 0 Å². The van der Waals surface area contributed by atoms with Crippen LogP contribution in [0.1, 0.15) is 32.6 Å². The summed E-state index contributed by atoms with van der Waals surface area (Å²) in [6, 6.07) is 0. The lowest BCUT2D eigenvalue weighted by molar-refractivity contribution is -0.154. The number of esters is 1. The predicted octanol–water partition coefficient (Wildman–Crippen LogP) is 1.25. The number of ketones is 1. The van der Waals surface area contributed by atoms with E-state index in [1.165, 1.54) is 0 Å². The van der Waals surface area contributed by atoms with Crippen molar-refractivity contribution >= 4 is 17.7 Å². The molecule has 1 unspecified atom stereocenters. The summed E-state index contributed by atoms with van der Waals surface area (Å²) < 4.78 is 5.23. The molecule has 0 radical (unpaired) electrons. The lowest BCUT2D eigenvalue weighted by atomic mass is 9.57. The first-order chi connectivity index (χ1) is 8.99. The Labute approximate surface area is 111 Å². The van der Waals surface area contributed by atoms with Gasteiger partial charge in [-0.05, 0) is 31.6 Å². The molecule has 2 saturated carbocycles. The molecular formula is C14H18O5. The molecule has 104 valence electrons. The van der Waals surface area contributed by atoms with Gasteiger partial charge in [0.1, 0.15) is 11.9 Å². The summed E-state index contributed by atoms with van der Waals surface area (Å²) in [6.07, 6.45) is 1.85. The van der Waals surface area contributed by atoms with E-state index in [2.05, 4.69) is 0 Å². The van der Waals surface area contributed by atoms with Gasteiger partial charge >= 0.3 is 11.9 Å². The van der Waals surface area contributed by atoms with E-state index in [4.69, 9.17) is 4.74 Å². The lowest BCUT2D eigenvalue weighted by Crippen LogP contribution is -2.48. The van der Waals surface area contributed by atoms with Crippen LogP contribution in [0, 0.1) is 29.6 Å². The molecule has 19 heavy (non-hydrogen) atoms. The van der Waals surface area contributed by atoms with Gasteiger partial charge in [-0.2, -0.15) is 0 Å². The van der Waals surface area contributed by atoms with E-state index in [9.17, 15) is 19.5 Å². The number of hydrogen-bond acceptors (Lipinski definition) is 4. The van der Waals surface area contributed by atoms with Crippen LogP contribution in [-0.2, 0) is 19.1 Å². The van der Waals surface area contributed by atoms with Crippen LogP contribution in [0.5, 0.6) is 0 Å². The Kier molecular flexibility index (Phi) is 2.87. The first kappa shape index (κ1) is 12.6. The molecule has 1 aliphatic heterocycles. The van der Waals surface area contributed by atoms with E-state index in [0.29, 0.717) is 25.7 Å². The molecule has 5 nitrogen and oxygen atoms in total. The smallest absolute Gasteiger partial charge is 0.309 e. The molecule has 1 heterocycles. The second-order valence-electron chi connectivity index (χ2n) is 6.13. The maximum absolute atomic E-state index is 11.8. The molecule has 0 amide bonds. The number of carbonyl (C=O) groups is 3. The number of rotatable bonds is 1. The summed E-state index contributed by atoms with van der Waals surface area (Å²) in [7, 11) is 0. The van der Waals surface area contributed by atoms with Crippen LogP contribution in [0.3, 0.4) is 0 Å². The van der Waals surface area contributed by atoms with Crippen LogP contribution < -0.4 is 0 Å². The standard InChI is InChI=1S/C14H18O5/c1-6-11-10(14(18)19-6)5-7-4-8(15)2-3-9(7)12(11)13(16)17/h6-7,9-12H,2-5H2,1H3,(H,16,17)/t6?,7-,9+,10+,11+,12-/m0/s1. The van der Waals surface area contributed by atoms with Gasteiger partial charge in [-0.25, -0.2) is 0 Å². The third-order valence-electron chi connectivity index (χ3n) is 5.18. The van der Waals surface area contributed by atoms with E-state index >= 15 is 0 Å². The number of Topliss-reactive ketones (excluding diaryl/α,β-unsaturated/α-hetero) is 1. The van der Waals surface area contributed by atoms with Crippen molar-refractivity contribution in [2.24, 2.45) is 29.6 Å². The summed E-state index contributed by atoms with van der Waals surface area (Å²) in [4.78, 5) is 35.0. The van der Waals surface area contributed by atoms with Crippen molar-refractivity contribution in [3.05, 3.63) is 0 Å². The number of carboxylic acids is 1. The summed E-state index contributed by atoms with van der Waals surface area (Å²) in [6.45, 7) is 1.78. The number of carbonyl (C=O) groups excluding carboxylic acids is 2. The van der Waals surface area contributed by atoms with Gasteiger partial charge in [0.25, 0.3) is 0 Å². The molecule has 0 spiro atoms. The topological polar surface area (TPSA) is 80.7 Å². The van der Waals surface area contributed by atoms with Crippen LogP contribution in [0.2, 0.25) is 0 Å². The average molecular weight is 266 g/mol. The fourth-order valence-corrected chi connectivity index (χ4v) is 4.43. The van der Waals surface area contributed by atoms with Crippen molar-refractivity contribution in [2.45, 2.75) is 38.7 Å². The Bertz CT molecular complexity index is 443. The van der Waals surface area contributed by atoms with Crippen LogP contribution in [-0.4, -0.2) is 28.9 Å². The third kappa shape index (κ3) is 1.86. The zero-order valence-electron chi connectivity index (χ0n) is 10.9. The molecule has 0 aromatic rings. The monoisotopic (exact) mass is 266 g/mol. The van der Waals surface area contributed by atoms with Crippen LogP contribution >= 0.6 is 0 Å². The highest BCUT2D eigenvalue weighted by atomic mass is 16.6. The summed E-state index contributed by atoms with van der Waals surface area (Å²) in [5.74, 6) is -1.96. The van der Waals surface area contributed by atoms with Crippen molar-refractivity contribution < 1.29 is 24.2 Å². The minimum atomic E-state index is -0.843. The Morgan fingerprint density at radius 1 is 1.37 bits per heavy atom. The maximum atomic E-state index is 11.8. The highest BCUT2D eigenvalue weighted by Crippen LogP contribution is 2.52. The van der Waals surface area contributed by atoms with Crippen molar-refractivity contribution in [3.63, 3.8) is 0 Å². The van der Waals surface area contributed by atoms with E-state index in [-0.39, 0.29) is 41.5 Å². The van der Waals surface area contributed by atoms with Crippen molar-refractivity contribution in [2.75, 3.05) is 0 Å². The summed E-state index contributed by atoms with van der Waals surface area (Å²) in [5.41, 5.74) is 0. The van der Waals surface area contributed by atoms with Crippen molar-refractivity contribution in [1.29, 1.82) is 0 Å². The minimum Gasteiger partial charge on any atom is -0.481 e. The zero-order chi connectivity index (χ0) is 13.7. The fraction of sp³-hybridized carbons (Fsp3) is 0.786. The Morgan fingerprint density at radius 3 is 2.79 bits per heavy atom. The largest absolute Gasteiger partial charge is 0.481 e. The molecule has 0 aromatic heterocycles. The highest BCUT2D eigenvalue weighted by molar-refractivity contribution is 5.82. The molecule has 0 bridgehead atoms. The molecular weight excluding hydrogens is 248 g/mol. The van der Waals surface area contributed by atoms with Crippen LogP contribution in [0.4, 0.5) is 0 Å². The maximum Gasteiger partial charge on any atom is 0.309 e. The summed E-state index contributed by atoms with van der Waals surface area (Å²) in [5, 5.41) is 9.54. The van der Waals surface area contributed by atoms with E-state index in [1.807, 2.05) is 0 Å². The fourth-order valence-electron chi connectivity index (χ4n) is 4.43. The van der Waals surface area contributed by atoms with Crippen molar-refractivity contribution in [1.82, 2.24) is 0 Å². The van der Waals surface area contributed by atoms with Gasteiger partial charge < -0.3 is 9.84 Å². The molecule has 1 N–H and O–H groups in total. The van der Waals surface area contributed by atoms with E-state index < -0.39 is 11.9 Å². The second kappa shape index (κ2) is 4.32. The lowest BCUT2D eigenvalue weighted by Gasteiger charge is -2.44. The zero-order valence-corrected chi connectivity index (χ0v) is 10.9. The van der Waals surface area contributed by atoms with Gasteiger partial charge in [-0.15, -0.1) is 0 Å². The van der Waals surface area contributed by atoms with Gasteiger partial charge in [0.15, 0.2) is 0 Å². The van der Waals surface area contributed by atoms with Crippen molar-refractivity contribution in [3.8, 4) is 0 Å². The van der Waals surface area contributed by atoms with Crippen LogP contribution in [0.25, 0.3) is 0 Å². The number of hydrogen-bond donors (Lipinski definition) is 1. The molecule has 6 atom stereocenters. The third-order valence-corrected chi connectivity index (χ3v) is 5.18. The molecule has 3 aliphatic rings. The number of fused-ring (bicyclic) bond motifs is 2. The SMILES string of the molecule is CC1OC(=O)[C@@H]2C[C@@H]3CC(=O)CC[C@H]3[C@H](C(=O)O)[C@H]12. The van der Waals surface area contributed by atoms with Crippen LogP contribution in [0.15, 0.2) is 0 Å². The molecule has 3 fully saturated rings. The minimum absolute atomic E-state index is 0.0217. The Hall–Kier alpha value is -1.39. The first-order valence-corrected chi connectivity index (χ1v) is 6.94. The first-order valence-electron chi connectivity index (χ1n) is 6.94. The normalized spacial score (nSPS) is 45.3. The molecule has 1 saturated heterocycles. The number of ether oxygens (including phenoxy) is 1. The number of cyclic esters (lactones) is 1. The number of aliphatic carboxylic acids is 1. The van der Waals surface area contributed by atoms with E-state index in [0.717, 1.165) is 0 Å². The molecule has 5 heteroatoms. The quantitative estimate of drug-likeness (QED) is 0.722. The highest BCUT2D eigenvalue weighted by Gasteiger charge is 2.57. The summed E-state index contributed by atoms with van der Waals surface area (Å²) >= 11 is 0. The van der Waals surface area contributed by atoms with Gasteiger partial charge in [0.2, 0.25) is 0 Å². The molecule has 3 rings (SSSR count). The molecule has 2 aliphatic carbocycles. The van der Waals surface area contributed by atoms with E-state index in [1.54, 1.807) is 6.92 Å². The van der Waals surface area contributed by atoms with Gasteiger partial charge in [-0.3, -0.25) is 14.4 Å². The van der Waals surface area contributed by atoms with Gasteiger partial charge in [0.05, 0.1) is 11.8 Å². The Balaban J connectivity index is 1.95. The average Bonchev–Trinajstić information content (AvgIpc) is 2.61. The predicted molar refractivity (Wildman–Crippen MR) is 64.1 cm³/mol. The molecule has 0 aromatic carbocycles.